The molecule has 0 heterocycles. The van der Waals surface area contributed by atoms with Crippen LogP contribution in [0.25, 0.3) is 0 Å². The summed E-state index contributed by atoms with van der Waals surface area (Å²) in [6, 6.07) is -12.6. The molecule has 16 N–H and O–H groups in total. The fraction of sp³-hybridized carbons (Fsp3) is 0.717. The molecule has 0 saturated heterocycles. The first-order valence-electron chi connectivity index (χ1n) is 24.4. The molecule has 28 nitrogen and oxygen atoms in total. The van der Waals surface area contributed by atoms with Gasteiger partial charge in [-0.25, -0.2) is 4.79 Å². The van der Waals surface area contributed by atoms with Crippen molar-refractivity contribution in [2.75, 3.05) is 19.6 Å². The Labute approximate surface area is 429 Å². The molecule has 0 spiro atoms. The van der Waals surface area contributed by atoms with Crippen molar-refractivity contribution >= 4 is 77.1 Å². The number of carbonyl (C=O) groups excluding carboxylic acids is 8. The smallest absolute Gasteiger partial charge is 0.326 e. The van der Waals surface area contributed by atoms with Gasteiger partial charge in [-0.1, -0.05) is 67.7 Å². The van der Waals surface area contributed by atoms with E-state index >= 15 is 0 Å². The second-order valence-electron chi connectivity index (χ2n) is 18.7. The van der Waals surface area contributed by atoms with E-state index in [1.807, 2.05) is 6.92 Å². The summed E-state index contributed by atoms with van der Waals surface area (Å²) in [5, 5.41) is 63.5. The van der Waals surface area contributed by atoms with Gasteiger partial charge in [-0.05, 0) is 56.4 Å². The van der Waals surface area contributed by atoms with E-state index < -0.39 is 188 Å². The Morgan fingerprint density at radius 1 is 0.486 bits per heavy atom. The van der Waals surface area contributed by atoms with Crippen molar-refractivity contribution in [3.05, 3.63) is 0 Å². The van der Waals surface area contributed by atoms with Crippen LogP contribution in [0.15, 0.2) is 0 Å². The minimum Gasteiger partial charge on any atom is -0.481 e. The maximum Gasteiger partial charge on any atom is 0.326 e. The van der Waals surface area contributed by atoms with E-state index in [9.17, 15) is 82.8 Å². The Morgan fingerprint density at radius 2 is 0.973 bits per heavy atom. The number of carbonyl (C=O) groups is 13. The van der Waals surface area contributed by atoms with Crippen LogP contribution in [0.2, 0.25) is 0 Å². The lowest BCUT2D eigenvalue weighted by molar-refractivity contribution is -0.149. The maximum atomic E-state index is 14.5. The number of hydrogen-bond donors (Lipinski definition) is 14. The zero-order valence-electron chi connectivity index (χ0n) is 43.1. The van der Waals surface area contributed by atoms with Gasteiger partial charge in [-0.2, -0.15) is 0 Å². The molecule has 0 aliphatic rings. The Morgan fingerprint density at radius 3 is 1.46 bits per heavy atom. The molecule has 8 amide bonds. The van der Waals surface area contributed by atoms with Gasteiger partial charge in [0.25, 0.3) is 0 Å². The molecule has 74 heavy (non-hydrogen) atoms. The van der Waals surface area contributed by atoms with Crippen LogP contribution < -0.4 is 48.7 Å². The van der Waals surface area contributed by atoms with Crippen LogP contribution in [-0.2, 0) is 62.3 Å². The molecule has 0 aromatic rings. The quantitative estimate of drug-likeness (QED) is 0.0286. The lowest BCUT2D eigenvalue weighted by atomic mass is 9.97. The highest BCUT2D eigenvalue weighted by molar-refractivity contribution is 5.99. The largest absolute Gasteiger partial charge is 0.481 e. The Balaban J connectivity index is 6.83. The van der Waals surface area contributed by atoms with Gasteiger partial charge in [-0.15, -0.1) is 0 Å². The molecule has 420 valence electrons. The lowest BCUT2D eigenvalue weighted by Gasteiger charge is -2.37. The molecule has 0 rings (SSSR count). The van der Waals surface area contributed by atoms with Crippen LogP contribution in [-0.4, -0.2) is 176 Å². The highest BCUT2D eigenvalue weighted by Crippen LogP contribution is 2.18. The minimum absolute atomic E-state index is 0.199. The third-order valence-corrected chi connectivity index (χ3v) is 11.3. The third kappa shape index (κ3) is 25.6. The summed E-state index contributed by atoms with van der Waals surface area (Å²) in [5.74, 6) is -18.0. The van der Waals surface area contributed by atoms with E-state index in [2.05, 4.69) is 37.2 Å². The van der Waals surface area contributed by atoms with Gasteiger partial charge in [0.2, 0.25) is 47.3 Å². The lowest BCUT2D eigenvalue weighted by Crippen LogP contribution is -2.62. The van der Waals surface area contributed by atoms with Gasteiger partial charge in [0.15, 0.2) is 0 Å². The van der Waals surface area contributed by atoms with Crippen molar-refractivity contribution in [3.8, 4) is 0 Å². The van der Waals surface area contributed by atoms with Crippen LogP contribution in [0.4, 0.5) is 0 Å². The molecule has 0 fully saturated rings. The van der Waals surface area contributed by atoms with Gasteiger partial charge < -0.3 is 79.1 Å². The van der Waals surface area contributed by atoms with E-state index in [0.29, 0.717) is 32.2 Å². The van der Waals surface area contributed by atoms with Crippen LogP contribution in [0, 0.1) is 17.8 Å². The molecule has 0 aromatic carbocycles. The molecule has 0 aliphatic carbocycles. The number of hydrogen-bond acceptors (Lipinski definition) is 15. The normalized spacial score (nSPS) is 14.4. The number of amides is 8. The van der Waals surface area contributed by atoms with E-state index in [4.69, 9.17) is 16.6 Å². The summed E-state index contributed by atoms with van der Waals surface area (Å²) in [5.41, 5.74) is 11.6. The molecular weight excluding hydrogens is 981 g/mol. The van der Waals surface area contributed by atoms with Crippen molar-refractivity contribution in [2.45, 2.75) is 174 Å². The first kappa shape index (κ1) is 67.0. The number of rotatable bonds is 38. The average Bonchev–Trinajstić information content (AvgIpc) is 3.29. The van der Waals surface area contributed by atoms with Gasteiger partial charge >= 0.3 is 29.8 Å². The molecule has 0 radical (unpaired) electrons. The van der Waals surface area contributed by atoms with Crippen molar-refractivity contribution in [1.82, 2.24) is 42.1 Å². The number of carboxylic acids is 5. The monoisotopic (exact) mass is 1060 g/mol. The minimum atomic E-state index is -2.02. The first-order valence-corrected chi connectivity index (χ1v) is 24.4. The van der Waals surface area contributed by atoms with Gasteiger partial charge in [0.05, 0.1) is 25.4 Å². The van der Waals surface area contributed by atoms with Crippen molar-refractivity contribution in [2.24, 2.45) is 29.2 Å². The highest BCUT2D eigenvalue weighted by Gasteiger charge is 2.40. The van der Waals surface area contributed by atoms with E-state index in [-0.39, 0.29) is 19.4 Å². The molecular formula is C46H78N10O18. The Kier molecular flexibility index (Phi) is 31.2. The topological polar surface area (TPSA) is 463 Å². The standard InChI is InChI=1S/C46H78N10O18/c1-8-9-12-19-56(45(72)30(21-35(64)65)53-43(70)37(24(4)5)54-39(66)26(48)13-10-11-18-47)38(25(6)7)44(71)52-29(20-34(62)63)41(68)51-27(14-16-32(58)59)40(67)55-36(23(2)3)42(69)49-22-31(57)50-28(46(73)74)15-17-33(60)61/h23-30,36-38H,8-22,47-48H2,1-7H3,(H,49,69)(H,50,57)(H,51,68)(H,52,71)(H,53,70)(H,54,66)(H,55,67)(H,58,59)(H,60,61)(H,62,63)(H,64,65)(H,73,74). The highest BCUT2D eigenvalue weighted by atomic mass is 16.4. The van der Waals surface area contributed by atoms with Gasteiger partial charge in [0, 0.05) is 19.4 Å². The van der Waals surface area contributed by atoms with Crippen molar-refractivity contribution in [3.63, 3.8) is 0 Å². The van der Waals surface area contributed by atoms with Crippen LogP contribution in [0.3, 0.4) is 0 Å². The molecule has 0 bridgehead atoms. The van der Waals surface area contributed by atoms with Crippen LogP contribution in [0.5, 0.6) is 0 Å². The molecule has 0 aliphatic heterocycles. The van der Waals surface area contributed by atoms with Gasteiger partial charge in [-0.3, -0.25) is 57.5 Å². The summed E-state index contributed by atoms with van der Waals surface area (Å²) in [6.07, 6.45) is -1.85. The summed E-state index contributed by atoms with van der Waals surface area (Å²) in [4.78, 5) is 168. The van der Waals surface area contributed by atoms with Crippen LogP contribution >= 0.6 is 0 Å². The molecule has 8 atom stereocenters. The zero-order valence-corrected chi connectivity index (χ0v) is 43.1. The first-order chi connectivity index (χ1) is 34.5. The zero-order chi connectivity index (χ0) is 57.0. The third-order valence-electron chi connectivity index (χ3n) is 11.3. The van der Waals surface area contributed by atoms with Gasteiger partial charge in [0.1, 0.15) is 42.3 Å². The second kappa shape index (κ2) is 34.5. The Bertz CT molecular complexity index is 1970. The number of unbranched alkanes of at least 4 members (excludes halogenated alkanes) is 3. The molecule has 0 aromatic heterocycles. The number of nitrogens with two attached hydrogens (primary N) is 2. The SMILES string of the molecule is CCCCCN(C(=O)C(CC(=O)O)NC(=O)C(NC(=O)C(N)CCCCN)C(C)C)C(C(=O)NC(CC(=O)O)C(=O)NC(CCC(=O)O)C(=O)NC(C(=O)NCC(=O)NC(CCC(=O)O)C(=O)O)C(C)C)C(C)C. The predicted molar refractivity (Wildman–Crippen MR) is 261 cm³/mol. The molecule has 0 saturated carbocycles. The molecule has 8 unspecified atom stereocenters. The van der Waals surface area contributed by atoms with Crippen LogP contribution in [0.1, 0.15) is 126 Å². The predicted octanol–water partition coefficient (Wildman–Crippen LogP) is -2.41. The number of nitrogens with zero attached hydrogens (tertiary/aromatic N) is 1. The summed E-state index contributed by atoms with van der Waals surface area (Å²) in [6.45, 7) is 10.3. The molecule has 28 heteroatoms. The summed E-state index contributed by atoms with van der Waals surface area (Å²) >= 11 is 0. The Hall–Kier alpha value is -6.97. The van der Waals surface area contributed by atoms with Crippen molar-refractivity contribution in [1.29, 1.82) is 0 Å². The van der Waals surface area contributed by atoms with E-state index in [1.54, 1.807) is 13.8 Å². The number of aliphatic carboxylic acids is 5. The van der Waals surface area contributed by atoms with Crippen molar-refractivity contribution < 1.29 is 87.9 Å². The average molecular weight is 1060 g/mol. The summed E-state index contributed by atoms with van der Waals surface area (Å²) < 4.78 is 0. The summed E-state index contributed by atoms with van der Waals surface area (Å²) in [7, 11) is 0. The van der Waals surface area contributed by atoms with E-state index in [1.165, 1.54) is 27.7 Å². The second-order valence-corrected chi connectivity index (χ2v) is 18.7. The number of nitrogens with one attached hydrogen (secondary N) is 7. The fourth-order valence-electron chi connectivity index (χ4n) is 7.28. The fourth-order valence-corrected chi connectivity index (χ4v) is 7.28. The maximum absolute atomic E-state index is 14.5. The number of carboxylic acid groups (broad SMARTS) is 5. The van der Waals surface area contributed by atoms with E-state index in [0.717, 1.165) is 4.90 Å².